The van der Waals surface area contributed by atoms with E-state index >= 15 is 0 Å². The van der Waals surface area contributed by atoms with Crippen LogP contribution in [0.1, 0.15) is 46.1 Å². The Bertz CT molecular complexity index is 1090. The van der Waals surface area contributed by atoms with E-state index in [0.717, 1.165) is 30.0 Å². The summed E-state index contributed by atoms with van der Waals surface area (Å²) in [6.45, 7) is 11.5. The highest BCUT2D eigenvalue weighted by Crippen LogP contribution is 2.31. The topological polar surface area (TPSA) is 55.8 Å². The Morgan fingerprint density at radius 2 is 1.65 bits per heavy atom. The normalized spacial score (nSPS) is 12.7. The zero-order valence-corrected chi connectivity index (χ0v) is 18.9. The lowest BCUT2D eigenvalue weighted by Crippen LogP contribution is -2.31. The lowest BCUT2D eigenvalue weighted by atomic mass is 9.96. The minimum atomic E-state index is -0.864. The number of hydrogen-bond acceptors (Lipinski definition) is 4. The average Bonchev–Trinajstić information content (AvgIpc) is 2.72. The van der Waals surface area contributed by atoms with E-state index in [4.69, 9.17) is 9.47 Å². The van der Waals surface area contributed by atoms with E-state index in [-0.39, 0.29) is 11.4 Å². The van der Waals surface area contributed by atoms with E-state index in [2.05, 4.69) is 43.0 Å². The lowest BCUT2D eigenvalue weighted by molar-refractivity contribution is -0.139. The molecule has 164 valence electrons. The van der Waals surface area contributed by atoms with Crippen LogP contribution in [0.5, 0.6) is 5.75 Å². The van der Waals surface area contributed by atoms with Gasteiger partial charge in [0.1, 0.15) is 5.75 Å². The second-order valence-corrected chi connectivity index (χ2v) is 9.21. The van der Waals surface area contributed by atoms with Crippen LogP contribution in [-0.4, -0.2) is 24.0 Å². The zero-order valence-electron chi connectivity index (χ0n) is 18.9. The van der Waals surface area contributed by atoms with Gasteiger partial charge in [0.25, 0.3) is 0 Å². The minimum absolute atomic E-state index is 0.320. The Morgan fingerprint density at radius 3 is 2.29 bits per heavy atom. The van der Waals surface area contributed by atoms with Crippen LogP contribution in [0.4, 0.5) is 0 Å². The number of ether oxygens (including phenoxy) is 2. The fourth-order valence-corrected chi connectivity index (χ4v) is 3.35. The Kier molecular flexibility index (Phi) is 7.01. The molecule has 0 bridgehead atoms. The summed E-state index contributed by atoms with van der Waals surface area (Å²) in [5, 5.41) is 14.9. The maximum absolute atomic E-state index is 11.4. The van der Waals surface area contributed by atoms with Crippen molar-refractivity contribution in [2.45, 2.75) is 53.2 Å². The van der Waals surface area contributed by atoms with Gasteiger partial charge in [0.2, 0.25) is 6.29 Å². The van der Waals surface area contributed by atoms with Crippen molar-refractivity contribution in [3.63, 3.8) is 0 Å². The van der Waals surface area contributed by atoms with E-state index in [1.165, 1.54) is 16.3 Å². The fourth-order valence-electron chi connectivity index (χ4n) is 3.35. The molecule has 0 aromatic heterocycles. The molecule has 0 amide bonds. The number of benzene rings is 3. The predicted octanol–water partition coefficient (Wildman–Crippen LogP) is 6.18. The van der Waals surface area contributed by atoms with Crippen molar-refractivity contribution in [3.8, 4) is 5.75 Å². The summed E-state index contributed by atoms with van der Waals surface area (Å²) >= 11 is 0. The van der Waals surface area contributed by atoms with Gasteiger partial charge in [-0.3, -0.25) is 0 Å². The highest BCUT2D eigenvalue weighted by atomic mass is 16.6. The number of esters is 1. The third kappa shape index (κ3) is 5.86. The SMILES string of the molecule is C=C(C)C(=O)OCCCCc1ccc2c(ccc3cc(OC(O)C(C)(C)C)ccc32)c1. The molecule has 1 N–H and O–H groups in total. The van der Waals surface area contributed by atoms with Crippen molar-refractivity contribution >= 4 is 27.5 Å². The van der Waals surface area contributed by atoms with Gasteiger partial charge >= 0.3 is 5.97 Å². The molecule has 0 aliphatic rings. The maximum Gasteiger partial charge on any atom is 0.333 e. The molecule has 1 atom stereocenters. The van der Waals surface area contributed by atoms with E-state index in [1.807, 2.05) is 32.9 Å². The minimum Gasteiger partial charge on any atom is -0.465 e. The van der Waals surface area contributed by atoms with Crippen LogP contribution in [0, 0.1) is 5.41 Å². The molecule has 4 heteroatoms. The number of fused-ring (bicyclic) bond motifs is 3. The third-order valence-electron chi connectivity index (χ3n) is 5.30. The van der Waals surface area contributed by atoms with Gasteiger partial charge in [-0.1, -0.05) is 63.7 Å². The quantitative estimate of drug-likeness (QED) is 0.155. The van der Waals surface area contributed by atoms with Crippen LogP contribution in [0.2, 0.25) is 0 Å². The molecule has 0 radical (unpaired) electrons. The summed E-state index contributed by atoms with van der Waals surface area (Å²) in [6, 6.07) is 16.7. The van der Waals surface area contributed by atoms with E-state index < -0.39 is 6.29 Å². The van der Waals surface area contributed by atoms with Crippen molar-refractivity contribution in [1.82, 2.24) is 0 Å². The average molecular weight is 421 g/mol. The molecule has 0 spiro atoms. The fraction of sp³-hybridized carbons (Fsp3) is 0.370. The molecule has 3 aromatic carbocycles. The molecule has 0 heterocycles. The Morgan fingerprint density at radius 1 is 1.00 bits per heavy atom. The van der Waals surface area contributed by atoms with Crippen LogP contribution in [0.25, 0.3) is 21.5 Å². The molecule has 4 nitrogen and oxygen atoms in total. The van der Waals surface area contributed by atoms with Gasteiger partial charge in [0.15, 0.2) is 0 Å². The smallest absolute Gasteiger partial charge is 0.333 e. The standard InChI is InChI=1S/C27H32O4/c1-18(2)25(28)30-15-7-6-8-19-9-13-23-20(16-19)10-11-21-17-22(12-14-24(21)23)31-26(29)27(3,4)5/h9-14,16-17,26,29H,1,6-8,15H2,2-5H3. The molecule has 3 aromatic rings. The number of aliphatic hydroxyl groups is 1. The summed E-state index contributed by atoms with van der Waals surface area (Å²) in [6.07, 6.45) is 1.87. The molecule has 0 aliphatic heterocycles. The van der Waals surface area contributed by atoms with Crippen molar-refractivity contribution in [2.75, 3.05) is 6.61 Å². The van der Waals surface area contributed by atoms with Crippen molar-refractivity contribution in [2.24, 2.45) is 5.41 Å². The first kappa shape index (κ1) is 22.8. The van der Waals surface area contributed by atoms with Gasteiger partial charge in [-0.15, -0.1) is 0 Å². The van der Waals surface area contributed by atoms with Crippen LogP contribution in [0.15, 0.2) is 60.7 Å². The molecule has 0 fully saturated rings. The molecular formula is C27H32O4. The van der Waals surface area contributed by atoms with Gasteiger partial charge < -0.3 is 14.6 Å². The van der Waals surface area contributed by atoms with Crippen molar-refractivity contribution in [3.05, 3.63) is 66.2 Å². The zero-order chi connectivity index (χ0) is 22.6. The number of unbranched alkanes of at least 4 members (excludes halogenated alkanes) is 1. The van der Waals surface area contributed by atoms with E-state index in [9.17, 15) is 9.90 Å². The van der Waals surface area contributed by atoms with Crippen LogP contribution < -0.4 is 4.74 Å². The first-order valence-electron chi connectivity index (χ1n) is 10.8. The number of carbonyl (C=O) groups excluding carboxylic acids is 1. The summed E-state index contributed by atoms with van der Waals surface area (Å²) < 4.78 is 10.9. The monoisotopic (exact) mass is 420 g/mol. The van der Waals surface area contributed by atoms with Gasteiger partial charge in [-0.05, 0) is 65.4 Å². The van der Waals surface area contributed by atoms with Crippen LogP contribution >= 0.6 is 0 Å². The lowest BCUT2D eigenvalue weighted by Gasteiger charge is -2.26. The number of carbonyl (C=O) groups is 1. The molecule has 3 rings (SSSR count). The number of rotatable bonds is 8. The Hall–Kier alpha value is -2.85. The molecule has 1 unspecified atom stereocenters. The Labute approximate surface area is 184 Å². The molecule has 0 saturated carbocycles. The summed E-state index contributed by atoms with van der Waals surface area (Å²) in [5.41, 5.74) is 1.36. The number of aliphatic hydroxyl groups excluding tert-OH is 1. The second kappa shape index (κ2) is 9.52. The third-order valence-corrected chi connectivity index (χ3v) is 5.30. The molecule has 31 heavy (non-hydrogen) atoms. The number of hydrogen-bond donors (Lipinski definition) is 1. The predicted molar refractivity (Wildman–Crippen MR) is 126 cm³/mol. The highest BCUT2D eigenvalue weighted by molar-refractivity contribution is 6.07. The molecule has 0 aliphatic carbocycles. The van der Waals surface area contributed by atoms with Crippen LogP contribution in [-0.2, 0) is 16.0 Å². The van der Waals surface area contributed by atoms with Gasteiger partial charge in [0.05, 0.1) is 6.61 Å². The maximum atomic E-state index is 11.4. The highest BCUT2D eigenvalue weighted by Gasteiger charge is 2.24. The first-order chi connectivity index (χ1) is 14.6. The molecular weight excluding hydrogens is 388 g/mol. The van der Waals surface area contributed by atoms with Gasteiger partial charge in [0, 0.05) is 11.0 Å². The second-order valence-electron chi connectivity index (χ2n) is 9.21. The summed E-state index contributed by atoms with van der Waals surface area (Å²) in [4.78, 5) is 11.4. The molecule has 0 saturated heterocycles. The van der Waals surface area contributed by atoms with Gasteiger partial charge in [-0.2, -0.15) is 0 Å². The first-order valence-corrected chi connectivity index (χ1v) is 10.8. The van der Waals surface area contributed by atoms with Crippen molar-refractivity contribution < 1.29 is 19.4 Å². The van der Waals surface area contributed by atoms with E-state index in [1.54, 1.807) is 6.92 Å². The number of aryl methyl sites for hydroxylation is 1. The summed E-state index contributed by atoms with van der Waals surface area (Å²) in [5.74, 6) is 0.345. The largest absolute Gasteiger partial charge is 0.465 e. The summed E-state index contributed by atoms with van der Waals surface area (Å²) in [7, 11) is 0. The van der Waals surface area contributed by atoms with Crippen molar-refractivity contribution in [1.29, 1.82) is 0 Å². The van der Waals surface area contributed by atoms with Gasteiger partial charge in [-0.25, -0.2) is 4.79 Å². The Balaban J connectivity index is 1.68. The van der Waals surface area contributed by atoms with Crippen LogP contribution in [0.3, 0.4) is 0 Å². The van der Waals surface area contributed by atoms with E-state index in [0.29, 0.717) is 17.9 Å².